The maximum atomic E-state index is 4.19. The first kappa shape index (κ1) is 27.1. The van der Waals surface area contributed by atoms with E-state index in [-0.39, 0.29) is 19.5 Å². The van der Waals surface area contributed by atoms with Gasteiger partial charge in [0.15, 0.2) is 0 Å². The van der Waals surface area contributed by atoms with Gasteiger partial charge < -0.3 is 0 Å². The third-order valence-corrected chi connectivity index (χ3v) is 4.78. The second-order valence-electron chi connectivity index (χ2n) is 7.29. The molecular weight excluding hydrogens is 545 g/mol. The van der Waals surface area contributed by atoms with Gasteiger partial charge >= 0.3 is 19.5 Å². The Morgan fingerprint density at radius 2 is 0.405 bits per heavy atom. The van der Waals surface area contributed by atoms with Crippen molar-refractivity contribution in [1.82, 2.24) is 29.9 Å². The molecule has 6 rings (SSSR count). The smallest absolute Gasteiger partial charge is 0.255 e. The Bertz CT molecular complexity index is 1100. The van der Waals surface area contributed by atoms with Gasteiger partial charge in [0.05, 0.1) is 34.2 Å². The number of nitrogens with zero attached hydrogens (tertiary/aromatic N) is 6. The van der Waals surface area contributed by atoms with Crippen molar-refractivity contribution in [1.29, 1.82) is 0 Å². The van der Waals surface area contributed by atoms with E-state index in [0.29, 0.717) is 0 Å². The van der Waals surface area contributed by atoms with Gasteiger partial charge in [0.25, 0.3) is 0 Å². The summed E-state index contributed by atoms with van der Waals surface area (Å²) in [5, 5.41) is 0. The van der Waals surface area contributed by atoms with Crippen LogP contribution >= 0.6 is 0 Å². The zero-order chi connectivity index (χ0) is 24.7. The van der Waals surface area contributed by atoms with Gasteiger partial charge in [-0.15, -0.1) is 0 Å². The van der Waals surface area contributed by atoms with Crippen LogP contribution in [0.4, 0.5) is 0 Å². The molecule has 6 aromatic heterocycles. The average molecular weight is 570 g/mol. The predicted octanol–water partition coefficient (Wildman–Crippen LogP) is 6.43. The molecule has 0 unspecified atom stereocenters. The van der Waals surface area contributed by atoms with Crippen LogP contribution in [0.1, 0.15) is 0 Å². The van der Waals surface area contributed by atoms with Gasteiger partial charge in [0, 0.05) is 37.2 Å². The van der Waals surface area contributed by atoms with Crippen LogP contribution < -0.4 is 0 Å². The molecule has 0 amide bonds. The fourth-order valence-electron chi connectivity index (χ4n) is 3.09. The monoisotopic (exact) mass is 570 g/mol. The van der Waals surface area contributed by atoms with E-state index < -0.39 is 0 Å². The van der Waals surface area contributed by atoms with Crippen LogP contribution in [0.5, 0.6) is 0 Å². The zero-order valence-corrected chi connectivity index (χ0v) is 21.6. The van der Waals surface area contributed by atoms with Crippen molar-refractivity contribution in [3.63, 3.8) is 0 Å². The van der Waals surface area contributed by atoms with Gasteiger partial charge in [-0.25, -0.2) is 0 Å². The fourth-order valence-corrected chi connectivity index (χ4v) is 3.09. The molecule has 179 valence electrons. The maximum absolute atomic E-state index is 4.19. The van der Waals surface area contributed by atoms with Crippen LogP contribution in [0.2, 0.25) is 0 Å². The van der Waals surface area contributed by atoms with Crippen molar-refractivity contribution in [3.05, 3.63) is 146 Å². The molecule has 6 aromatic rings. The van der Waals surface area contributed by atoms with E-state index in [1.165, 1.54) is 0 Å². The van der Waals surface area contributed by atoms with Crippen LogP contribution in [0.25, 0.3) is 34.2 Å². The van der Waals surface area contributed by atoms with Crippen molar-refractivity contribution < 1.29 is 19.5 Å². The van der Waals surface area contributed by atoms with E-state index in [0.717, 1.165) is 34.2 Å². The van der Waals surface area contributed by atoms with Crippen LogP contribution in [-0.2, 0) is 19.5 Å². The quantitative estimate of drug-likeness (QED) is 0.229. The van der Waals surface area contributed by atoms with Gasteiger partial charge in [0.2, 0.25) is 0 Å². The summed E-state index contributed by atoms with van der Waals surface area (Å²) >= 11 is 0. The van der Waals surface area contributed by atoms with Crippen molar-refractivity contribution in [2.24, 2.45) is 0 Å². The van der Waals surface area contributed by atoms with Gasteiger partial charge in [-0.05, 0) is 72.8 Å². The number of aromatic nitrogens is 6. The van der Waals surface area contributed by atoms with Crippen LogP contribution in [0.3, 0.4) is 0 Å². The first-order valence-electron chi connectivity index (χ1n) is 11.4. The number of hydrogen-bond donors (Lipinski definition) is 0. The summed E-state index contributed by atoms with van der Waals surface area (Å²) in [5.41, 5.74) is 5.49. The molecule has 0 aliphatic carbocycles. The van der Waals surface area contributed by atoms with E-state index in [1.807, 2.05) is 109 Å². The second kappa shape index (κ2) is 15.5. The molecule has 0 saturated heterocycles. The average Bonchev–Trinajstić information content (AvgIpc) is 3.01. The number of rotatable bonds is 3. The number of pyridine rings is 6. The molecule has 37 heavy (non-hydrogen) atoms. The normalized spacial score (nSPS) is 9.41. The van der Waals surface area contributed by atoms with E-state index in [9.17, 15) is 0 Å². The van der Waals surface area contributed by atoms with E-state index >= 15 is 0 Å². The second-order valence-corrected chi connectivity index (χ2v) is 7.29. The molecule has 0 atom stereocenters. The summed E-state index contributed by atoms with van der Waals surface area (Å²) in [4.78, 5) is 25.1. The minimum atomic E-state index is 0. The molecule has 0 bridgehead atoms. The van der Waals surface area contributed by atoms with Crippen molar-refractivity contribution >= 4 is 0 Å². The molecule has 0 aliphatic heterocycles. The fraction of sp³-hybridized carbons (Fsp3) is 0. The summed E-state index contributed by atoms with van der Waals surface area (Å²) < 4.78 is 0. The third kappa shape index (κ3) is 8.91. The molecule has 7 heteroatoms. The molecule has 6 heterocycles. The first-order chi connectivity index (χ1) is 17.9. The van der Waals surface area contributed by atoms with Crippen LogP contribution in [0.15, 0.2) is 146 Å². The van der Waals surface area contributed by atoms with E-state index in [1.54, 1.807) is 37.2 Å². The first-order valence-corrected chi connectivity index (χ1v) is 11.4. The summed E-state index contributed by atoms with van der Waals surface area (Å²) in [7, 11) is 0. The predicted molar refractivity (Wildman–Crippen MR) is 142 cm³/mol. The maximum Gasteiger partial charge on any atom is 3.00 e. The standard InChI is InChI=1S/3C10H8N2.Ru/c3*1-3-7-11-9(5-1)10-6-2-4-8-12-10;/h3*1-8H;/q;;;+3. The Labute approximate surface area is 229 Å². The minimum absolute atomic E-state index is 0. The zero-order valence-electron chi connectivity index (χ0n) is 19.9. The Morgan fingerprint density at radius 3 is 0.514 bits per heavy atom. The van der Waals surface area contributed by atoms with E-state index in [4.69, 9.17) is 0 Å². The topological polar surface area (TPSA) is 77.3 Å². The summed E-state index contributed by atoms with van der Waals surface area (Å²) in [5.74, 6) is 0. The molecule has 0 fully saturated rings. The van der Waals surface area contributed by atoms with E-state index in [2.05, 4.69) is 29.9 Å². The number of hydrogen-bond acceptors (Lipinski definition) is 6. The molecule has 6 nitrogen and oxygen atoms in total. The van der Waals surface area contributed by atoms with Crippen molar-refractivity contribution in [2.45, 2.75) is 0 Å². The molecule has 0 aliphatic rings. The van der Waals surface area contributed by atoms with Gasteiger partial charge in [-0.3, -0.25) is 29.9 Å². The van der Waals surface area contributed by atoms with Crippen molar-refractivity contribution in [2.75, 3.05) is 0 Å². The summed E-state index contributed by atoms with van der Waals surface area (Å²) in [6.45, 7) is 0. The largest absolute Gasteiger partial charge is 3.00 e. The Balaban J connectivity index is 0.000000152. The van der Waals surface area contributed by atoms with Gasteiger partial charge in [-0.2, -0.15) is 0 Å². The van der Waals surface area contributed by atoms with Gasteiger partial charge in [-0.1, -0.05) is 36.4 Å². The van der Waals surface area contributed by atoms with Crippen molar-refractivity contribution in [3.8, 4) is 34.2 Å². The summed E-state index contributed by atoms with van der Waals surface area (Å²) in [6, 6.07) is 34.8. The Kier molecular flexibility index (Phi) is 11.4. The van der Waals surface area contributed by atoms with Crippen LogP contribution in [0, 0.1) is 0 Å². The van der Waals surface area contributed by atoms with Gasteiger partial charge in [0.1, 0.15) is 0 Å². The molecule has 0 spiro atoms. The third-order valence-electron chi connectivity index (χ3n) is 4.78. The molecule has 0 N–H and O–H groups in total. The SMILES string of the molecule is [Ru+3].c1ccc(-c2ccccn2)nc1.c1ccc(-c2ccccn2)nc1.c1ccc(-c2ccccn2)nc1. The molecule has 0 saturated carbocycles. The van der Waals surface area contributed by atoms with Crippen LogP contribution in [-0.4, -0.2) is 29.9 Å². The molecular formula is C30H24N6Ru+3. The Hall–Kier alpha value is -4.48. The molecule has 1 radical (unpaired) electrons. The Morgan fingerprint density at radius 1 is 0.243 bits per heavy atom. The minimum Gasteiger partial charge on any atom is -0.255 e. The summed E-state index contributed by atoms with van der Waals surface area (Å²) in [6.07, 6.45) is 10.6. The molecule has 0 aromatic carbocycles.